The highest BCUT2D eigenvalue weighted by Crippen LogP contribution is 2.41. The summed E-state index contributed by atoms with van der Waals surface area (Å²) in [5.74, 6) is 0.501. The van der Waals surface area contributed by atoms with Crippen LogP contribution in [0.15, 0.2) is 46.0 Å². The Morgan fingerprint density at radius 3 is 3.00 bits per heavy atom. The number of rotatable bonds is 5. The van der Waals surface area contributed by atoms with Gasteiger partial charge in [0.1, 0.15) is 5.71 Å². The summed E-state index contributed by atoms with van der Waals surface area (Å²) in [6.45, 7) is 1.77. The Kier molecular flexibility index (Phi) is 4.94. The molecule has 1 aliphatic rings. The Labute approximate surface area is 162 Å². The van der Waals surface area contributed by atoms with E-state index in [0.29, 0.717) is 37.7 Å². The van der Waals surface area contributed by atoms with E-state index in [2.05, 4.69) is 53.7 Å². The van der Waals surface area contributed by atoms with Crippen molar-refractivity contribution in [2.75, 3.05) is 25.0 Å². The fourth-order valence-electron chi connectivity index (χ4n) is 2.77. The number of carbonyl (C=O) groups is 1. The van der Waals surface area contributed by atoms with Crippen LogP contribution < -0.4 is 10.6 Å². The number of thiophene rings is 1. The van der Waals surface area contributed by atoms with Crippen molar-refractivity contribution in [2.45, 2.75) is 6.42 Å². The van der Waals surface area contributed by atoms with Gasteiger partial charge >= 0.3 is 0 Å². The number of benzene rings is 1. The highest BCUT2D eigenvalue weighted by molar-refractivity contribution is 9.10. The average molecular weight is 430 g/mol. The van der Waals surface area contributed by atoms with Crippen molar-refractivity contribution in [2.24, 2.45) is 4.99 Å². The molecule has 8 heteroatoms. The lowest BCUT2D eigenvalue weighted by atomic mass is 10.2. The summed E-state index contributed by atoms with van der Waals surface area (Å²) in [5, 5.41) is 7.11. The normalized spacial score (nSPS) is 15.6. The molecule has 0 spiro atoms. The minimum absolute atomic E-state index is 0.0575. The maximum atomic E-state index is 11.5. The van der Waals surface area contributed by atoms with Crippen LogP contribution in [-0.4, -0.2) is 41.2 Å². The van der Waals surface area contributed by atoms with Crippen LogP contribution in [-0.2, 0) is 4.79 Å². The van der Waals surface area contributed by atoms with Gasteiger partial charge in [0.15, 0.2) is 0 Å². The van der Waals surface area contributed by atoms with Crippen LogP contribution in [0.25, 0.3) is 20.7 Å². The minimum atomic E-state index is -0.0575. The molecule has 1 saturated heterocycles. The molecule has 26 heavy (non-hydrogen) atoms. The van der Waals surface area contributed by atoms with Gasteiger partial charge in [-0.05, 0) is 28.1 Å². The number of aromatic nitrogens is 2. The molecule has 0 aliphatic carbocycles. The van der Waals surface area contributed by atoms with E-state index in [1.165, 1.54) is 10.1 Å². The van der Waals surface area contributed by atoms with Gasteiger partial charge in [0.25, 0.3) is 5.91 Å². The fourth-order valence-corrected chi connectivity index (χ4v) is 4.76. The van der Waals surface area contributed by atoms with E-state index in [9.17, 15) is 4.79 Å². The van der Waals surface area contributed by atoms with Gasteiger partial charge in [-0.3, -0.25) is 9.79 Å². The molecule has 3 aromatic rings. The lowest BCUT2D eigenvalue weighted by molar-refractivity contribution is -0.113. The van der Waals surface area contributed by atoms with E-state index in [4.69, 9.17) is 0 Å². The van der Waals surface area contributed by atoms with Gasteiger partial charge in [-0.2, -0.15) is 0 Å². The van der Waals surface area contributed by atoms with Crippen LogP contribution >= 0.6 is 27.3 Å². The van der Waals surface area contributed by atoms with Crippen molar-refractivity contribution in [3.8, 4) is 10.6 Å². The smallest absolute Gasteiger partial charge is 0.265 e. The van der Waals surface area contributed by atoms with Crippen LogP contribution in [0, 0.1) is 0 Å². The Bertz CT molecular complexity index is 1000. The molecule has 0 bridgehead atoms. The molecule has 0 saturated carbocycles. The first-order chi connectivity index (χ1) is 12.7. The van der Waals surface area contributed by atoms with E-state index in [1.807, 2.05) is 18.2 Å². The Hall–Kier alpha value is -2.32. The molecular weight excluding hydrogens is 414 g/mol. The quantitative estimate of drug-likeness (QED) is 0.608. The summed E-state index contributed by atoms with van der Waals surface area (Å²) in [4.78, 5) is 25.7. The number of hydrogen-bond donors (Lipinski definition) is 2. The Morgan fingerprint density at radius 1 is 1.31 bits per heavy atom. The van der Waals surface area contributed by atoms with Crippen molar-refractivity contribution in [3.63, 3.8) is 0 Å². The van der Waals surface area contributed by atoms with Gasteiger partial charge in [-0.25, -0.2) is 9.97 Å². The summed E-state index contributed by atoms with van der Waals surface area (Å²) < 4.78 is 2.27. The molecule has 1 amide bonds. The molecule has 1 fully saturated rings. The van der Waals surface area contributed by atoms with E-state index < -0.39 is 0 Å². The monoisotopic (exact) mass is 429 g/mol. The highest BCUT2D eigenvalue weighted by Gasteiger charge is 2.17. The first-order valence-corrected chi connectivity index (χ1v) is 9.89. The second kappa shape index (κ2) is 7.51. The molecule has 0 atom stereocenters. The van der Waals surface area contributed by atoms with Gasteiger partial charge < -0.3 is 10.6 Å². The van der Waals surface area contributed by atoms with Crippen molar-refractivity contribution in [1.29, 1.82) is 0 Å². The van der Waals surface area contributed by atoms with E-state index >= 15 is 0 Å². The van der Waals surface area contributed by atoms with E-state index in [-0.39, 0.29) is 5.91 Å². The van der Waals surface area contributed by atoms with Crippen LogP contribution in [0.5, 0.6) is 0 Å². The van der Waals surface area contributed by atoms with Gasteiger partial charge in [0, 0.05) is 40.3 Å². The topological polar surface area (TPSA) is 79.3 Å². The van der Waals surface area contributed by atoms with Gasteiger partial charge in [0.2, 0.25) is 5.95 Å². The Balaban J connectivity index is 1.48. The van der Waals surface area contributed by atoms with Crippen molar-refractivity contribution in [1.82, 2.24) is 15.3 Å². The van der Waals surface area contributed by atoms with Crippen molar-refractivity contribution < 1.29 is 4.79 Å². The summed E-state index contributed by atoms with van der Waals surface area (Å²) in [5.41, 5.74) is 1.49. The minimum Gasteiger partial charge on any atom is -0.352 e. The summed E-state index contributed by atoms with van der Waals surface area (Å²) in [6, 6.07) is 10.2. The number of anilines is 1. The maximum Gasteiger partial charge on any atom is 0.265 e. The number of hydrogen-bond acceptors (Lipinski definition) is 6. The largest absolute Gasteiger partial charge is 0.352 e. The van der Waals surface area contributed by atoms with E-state index in [1.54, 1.807) is 17.5 Å². The maximum absolute atomic E-state index is 11.5. The lowest BCUT2D eigenvalue weighted by Crippen LogP contribution is -2.19. The third kappa shape index (κ3) is 3.47. The SMILES string of the molecule is O=C1NCCC1=NCCNc1nccc(-c2sc3ccccc3c2Br)n1. The van der Waals surface area contributed by atoms with Crippen LogP contribution in [0.1, 0.15) is 6.42 Å². The molecule has 0 unspecified atom stereocenters. The highest BCUT2D eigenvalue weighted by atomic mass is 79.9. The summed E-state index contributed by atoms with van der Waals surface area (Å²) in [7, 11) is 0. The molecule has 4 rings (SSSR count). The average Bonchev–Trinajstić information content (AvgIpc) is 3.23. The Morgan fingerprint density at radius 2 is 2.19 bits per heavy atom. The molecule has 1 aromatic carbocycles. The molecular formula is C18H16BrN5OS. The number of nitrogens with zero attached hydrogens (tertiary/aromatic N) is 3. The predicted octanol–water partition coefficient (Wildman–Crippen LogP) is 3.49. The zero-order valence-electron chi connectivity index (χ0n) is 13.8. The van der Waals surface area contributed by atoms with Crippen LogP contribution in [0.2, 0.25) is 0 Å². The van der Waals surface area contributed by atoms with E-state index in [0.717, 1.165) is 15.0 Å². The second-order valence-electron chi connectivity index (χ2n) is 5.77. The second-order valence-corrected chi connectivity index (χ2v) is 7.61. The molecule has 132 valence electrons. The first-order valence-electron chi connectivity index (χ1n) is 8.28. The van der Waals surface area contributed by atoms with Crippen molar-refractivity contribution in [3.05, 3.63) is 41.0 Å². The lowest BCUT2D eigenvalue weighted by Gasteiger charge is -2.05. The third-order valence-corrected chi connectivity index (χ3v) is 6.31. The molecule has 3 heterocycles. The van der Waals surface area contributed by atoms with Gasteiger partial charge in [0.05, 0.1) is 17.1 Å². The predicted molar refractivity (Wildman–Crippen MR) is 109 cm³/mol. The fraction of sp³-hybridized carbons (Fsp3) is 0.222. The molecule has 1 aliphatic heterocycles. The number of amides is 1. The van der Waals surface area contributed by atoms with Gasteiger partial charge in [-0.15, -0.1) is 11.3 Å². The number of halogens is 1. The van der Waals surface area contributed by atoms with Crippen LogP contribution in [0.3, 0.4) is 0 Å². The molecule has 0 radical (unpaired) electrons. The number of carbonyl (C=O) groups excluding carboxylic acids is 1. The zero-order chi connectivity index (χ0) is 17.9. The number of fused-ring (bicyclic) bond motifs is 1. The number of aliphatic imine (C=N–C) groups is 1. The molecule has 2 aromatic heterocycles. The summed E-state index contributed by atoms with van der Waals surface area (Å²) >= 11 is 5.39. The standard InChI is InChI=1S/C18H16BrN5OS/c19-15-11-3-1-2-4-14(11)26-16(15)12-5-8-22-18(24-12)23-10-9-20-13-6-7-21-17(13)25/h1-5,8H,6-7,9-10H2,(H,21,25)(H,22,23,24). The third-order valence-electron chi connectivity index (χ3n) is 4.03. The first kappa shape index (κ1) is 17.1. The zero-order valence-corrected chi connectivity index (χ0v) is 16.2. The van der Waals surface area contributed by atoms with Gasteiger partial charge in [-0.1, -0.05) is 18.2 Å². The van der Waals surface area contributed by atoms with Crippen molar-refractivity contribution >= 4 is 54.9 Å². The molecule has 6 nitrogen and oxygen atoms in total. The summed E-state index contributed by atoms with van der Waals surface area (Å²) in [6.07, 6.45) is 2.45. The molecule has 2 N–H and O–H groups in total. The number of nitrogens with one attached hydrogen (secondary N) is 2. The van der Waals surface area contributed by atoms with Crippen LogP contribution in [0.4, 0.5) is 5.95 Å².